The van der Waals surface area contributed by atoms with Crippen LogP contribution in [0.2, 0.25) is 0 Å². The van der Waals surface area contributed by atoms with Crippen molar-refractivity contribution in [3.63, 3.8) is 0 Å². The molecule has 0 saturated heterocycles. The number of anilines is 2. The van der Waals surface area contributed by atoms with Crippen molar-refractivity contribution in [2.75, 3.05) is 10.6 Å². The molecule has 0 heterocycles. The van der Waals surface area contributed by atoms with Crippen LogP contribution in [0.1, 0.15) is 10.4 Å². The number of aromatic hydroxyl groups is 1. The maximum atomic E-state index is 12.7. The molecule has 2 aromatic rings. The number of aromatic carboxylic acids is 1. The Morgan fingerprint density at radius 3 is 2.29 bits per heavy atom. The van der Waals surface area contributed by atoms with Crippen molar-refractivity contribution in [1.29, 1.82) is 0 Å². The Morgan fingerprint density at radius 2 is 1.67 bits per heavy atom. The maximum absolute atomic E-state index is 12.7. The number of hydrogen-bond donors (Lipinski definition) is 4. The Hall–Kier alpha value is -3.09. The van der Waals surface area contributed by atoms with Crippen LogP contribution in [0, 0.1) is 5.82 Å². The van der Waals surface area contributed by atoms with E-state index in [1.165, 1.54) is 30.3 Å². The predicted molar refractivity (Wildman–Crippen MR) is 74.1 cm³/mol. The quantitative estimate of drug-likeness (QED) is 0.653. The number of urea groups is 1. The molecular formula is C14H11FN2O4. The molecule has 0 fully saturated rings. The maximum Gasteiger partial charge on any atom is 0.335 e. The van der Waals surface area contributed by atoms with Crippen molar-refractivity contribution in [1.82, 2.24) is 0 Å². The van der Waals surface area contributed by atoms with Crippen LogP contribution in [0.15, 0.2) is 42.5 Å². The zero-order valence-corrected chi connectivity index (χ0v) is 10.6. The van der Waals surface area contributed by atoms with Gasteiger partial charge in [0.1, 0.15) is 11.6 Å². The molecule has 0 radical (unpaired) electrons. The third-order valence-corrected chi connectivity index (χ3v) is 2.59. The number of phenolic OH excluding ortho intramolecular Hbond substituents is 1. The fraction of sp³-hybridized carbons (Fsp3) is 0. The minimum atomic E-state index is -1.18. The molecule has 4 N–H and O–H groups in total. The van der Waals surface area contributed by atoms with E-state index in [0.29, 0.717) is 5.69 Å². The summed E-state index contributed by atoms with van der Waals surface area (Å²) in [6.45, 7) is 0. The summed E-state index contributed by atoms with van der Waals surface area (Å²) in [4.78, 5) is 22.6. The lowest BCUT2D eigenvalue weighted by Gasteiger charge is -2.09. The summed E-state index contributed by atoms with van der Waals surface area (Å²) in [5, 5.41) is 23.2. The molecule has 0 bridgehead atoms. The highest BCUT2D eigenvalue weighted by atomic mass is 19.1. The van der Waals surface area contributed by atoms with E-state index in [1.807, 2.05) is 0 Å². The number of rotatable bonds is 3. The number of carboxylic acid groups (broad SMARTS) is 1. The van der Waals surface area contributed by atoms with Gasteiger partial charge >= 0.3 is 12.0 Å². The molecule has 7 heteroatoms. The first kappa shape index (κ1) is 14.3. The molecule has 21 heavy (non-hydrogen) atoms. The van der Waals surface area contributed by atoms with E-state index >= 15 is 0 Å². The van der Waals surface area contributed by atoms with Gasteiger partial charge in [0.05, 0.1) is 11.3 Å². The Morgan fingerprint density at radius 1 is 1.00 bits per heavy atom. The van der Waals surface area contributed by atoms with E-state index in [2.05, 4.69) is 10.6 Å². The molecule has 6 nitrogen and oxygen atoms in total. The van der Waals surface area contributed by atoms with Crippen molar-refractivity contribution in [2.24, 2.45) is 0 Å². The van der Waals surface area contributed by atoms with Gasteiger partial charge in [-0.3, -0.25) is 0 Å². The van der Waals surface area contributed by atoms with E-state index in [4.69, 9.17) is 5.11 Å². The molecule has 2 rings (SSSR count). The first-order valence-corrected chi connectivity index (χ1v) is 5.85. The van der Waals surface area contributed by atoms with E-state index < -0.39 is 17.8 Å². The SMILES string of the molecule is O=C(Nc1ccc(F)cc1)Nc1cc(C(=O)O)ccc1O. The lowest BCUT2D eigenvalue weighted by Crippen LogP contribution is -2.19. The van der Waals surface area contributed by atoms with Crippen molar-refractivity contribution < 1.29 is 24.2 Å². The molecule has 0 saturated carbocycles. The average Bonchev–Trinajstić information content (AvgIpc) is 2.43. The normalized spacial score (nSPS) is 9.95. The van der Waals surface area contributed by atoms with Crippen LogP contribution in [0.3, 0.4) is 0 Å². The number of amides is 2. The minimum Gasteiger partial charge on any atom is -0.506 e. The summed E-state index contributed by atoms with van der Waals surface area (Å²) < 4.78 is 12.7. The second kappa shape index (κ2) is 5.91. The average molecular weight is 290 g/mol. The van der Waals surface area contributed by atoms with Crippen LogP contribution >= 0.6 is 0 Å². The Bertz CT molecular complexity index is 686. The molecule has 0 spiro atoms. The van der Waals surface area contributed by atoms with Gasteiger partial charge < -0.3 is 20.8 Å². The number of halogens is 1. The number of phenols is 1. The topological polar surface area (TPSA) is 98.7 Å². The van der Waals surface area contributed by atoms with Crippen molar-refractivity contribution in [2.45, 2.75) is 0 Å². The lowest BCUT2D eigenvalue weighted by molar-refractivity contribution is 0.0697. The second-order valence-corrected chi connectivity index (χ2v) is 4.12. The van der Waals surface area contributed by atoms with Gasteiger partial charge in [0.15, 0.2) is 0 Å². The van der Waals surface area contributed by atoms with Gasteiger partial charge in [0, 0.05) is 5.69 Å². The Kier molecular flexibility index (Phi) is 4.03. The van der Waals surface area contributed by atoms with E-state index in [-0.39, 0.29) is 17.0 Å². The van der Waals surface area contributed by atoms with Crippen LogP contribution in [0.5, 0.6) is 5.75 Å². The summed E-state index contributed by atoms with van der Waals surface area (Å²) in [6, 6.07) is 7.89. The molecule has 2 aromatic carbocycles. The van der Waals surface area contributed by atoms with Gasteiger partial charge in [-0.1, -0.05) is 0 Å². The number of nitrogens with one attached hydrogen (secondary N) is 2. The van der Waals surface area contributed by atoms with Gasteiger partial charge in [-0.05, 0) is 42.5 Å². The fourth-order valence-electron chi connectivity index (χ4n) is 1.59. The van der Waals surface area contributed by atoms with Crippen LogP contribution in [0.25, 0.3) is 0 Å². The van der Waals surface area contributed by atoms with Crippen LogP contribution in [0.4, 0.5) is 20.6 Å². The van der Waals surface area contributed by atoms with Gasteiger partial charge in [0.25, 0.3) is 0 Å². The number of carbonyl (C=O) groups is 2. The molecule has 0 atom stereocenters. The molecule has 0 aliphatic rings. The summed E-state index contributed by atoms with van der Waals surface area (Å²) in [5.41, 5.74) is 0.224. The zero-order chi connectivity index (χ0) is 15.4. The highest BCUT2D eigenvalue weighted by molar-refractivity contribution is 6.01. The predicted octanol–water partition coefficient (Wildman–Crippen LogP) is 2.87. The first-order chi connectivity index (χ1) is 9.95. The molecule has 0 unspecified atom stereocenters. The van der Waals surface area contributed by atoms with Gasteiger partial charge in [0.2, 0.25) is 0 Å². The van der Waals surface area contributed by atoms with Gasteiger partial charge in [-0.25, -0.2) is 14.0 Å². The highest BCUT2D eigenvalue weighted by Gasteiger charge is 2.10. The van der Waals surface area contributed by atoms with Crippen molar-refractivity contribution in [3.05, 3.63) is 53.8 Å². The Balaban J connectivity index is 2.10. The fourth-order valence-corrected chi connectivity index (χ4v) is 1.59. The summed E-state index contributed by atoms with van der Waals surface area (Å²) in [6.07, 6.45) is 0. The highest BCUT2D eigenvalue weighted by Crippen LogP contribution is 2.24. The Labute approximate surface area is 118 Å². The zero-order valence-electron chi connectivity index (χ0n) is 10.6. The van der Waals surface area contributed by atoms with Gasteiger partial charge in [-0.15, -0.1) is 0 Å². The number of carboxylic acids is 1. The monoisotopic (exact) mass is 290 g/mol. The van der Waals surface area contributed by atoms with Gasteiger partial charge in [-0.2, -0.15) is 0 Å². The smallest absolute Gasteiger partial charge is 0.335 e. The summed E-state index contributed by atoms with van der Waals surface area (Å²) >= 11 is 0. The number of hydrogen-bond acceptors (Lipinski definition) is 3. The van der Waals surface area contributed by atoms with Crippen molar-refractivity contribution >= 4 is 23.4 Å². The molecule has 0 aromatic heterocycles. The number of carbonyl (C=O) groups excluding carboxylic acids is 1. The molecule has 2 amide bonds. The first-order valence-electron chi connectivity index (χ1n) is 5.85. The van der Waals surface area contributed by atoms with Crippen molar-refractivity contribution in [3.8, 4) is 5.75 Å². The third kappa shape index (κ3) is 3.69. The largest absolute Gasteiger partial charge is 0.506 e. The molecule has 0 aliphatic carbocycles. The van der Waals surface area contributed by atoms with Crippen LogP contribution in [-0.4, -0.2) is 22.2 Å². The molecule has 0 aliphatic heterocycles. The third-order valence-electron chi connectivity index (χ3n) is 2.59. The van der Waals surface area contributed by atoms with Crippen LogP contribution in [-0.2, 0) is 0 Å². The molecule has 108 valence electrons. The van der Waals surface area contributed by atoms with E-state index in [9.17, 15) is 19.1 Å². The lowest BCUT2D eigenvalue weighted by atomic mass is 10.2. The minimum absolute atomic E-state index is 0.0467. The summed E-state index contributed by atoms with van der Waals surface area (Å²) in [5.74, 6) is -1.89. The van der Waals surface area contributed by atoms with E-state index in [1.54, 1.807) is 0 Å². The van der Waals surface area contributed by atoms with E-state index in [0.717, 1.165) is 12.1 Å². The standard InChI is InChI=1S/C14H11FN2O4/c15-9-2-4-10(5-3-9)16-14(21)17-11-7-8(13(19)20)1-6-12(11)18/h1-7,18H,(H,19,20)(H2,16,17,21). The van der Waals surface area contributed by atoms with Crippen LogP contribution < -0.4 is 10.6 Å². The summed E-state index contributed by atoms with van der Waals surface area (Å²) in [7, 11) is 0. The second-order valence-electron chi connectivity index (χ2n) is 4.12. The number of benzene rings is 2. The molecular weight excluding hydrogens is 279 g/mol.